The fourth-order valence-electron chi connectivity index (χ4n) is 1.63. The van der Waals surface area contributed by atoms with Crippen LogP contribution < -0.4 is 4.74 Å². The fourth-order valence-corrected chi connectivity index (χ4v) is 1.79. The van der Waals surface area contributed by atoms with E-state index in [4.69, 9.17) is 16.3 Å². The number of carbonyl (C=O) groups excluding carboxylic acids is 1. The average molecular weight is 297 g/mol. The second-order valence-electron chi connectivity index (χ2n) is 4.23. The Morgan fingerprint density at radius 1 is 1.15 bits per heavy atom. The maximum absolute atomic E-state index is 13.7. The normalized spacial score (nSPS) is 10.4. The topological polar surface area (TPSA) is 26.3 Å². The second kappa shape index (κ2) is 6.01. The maximum Gasteiger partial charge on any atom is 0.165 e. The number of ketones is 1. The zero-order valence-electron chi connectivity index (χ0n) is 10.6. The first kappa shape index (κ1) is 14.5. The molecule has 0 aliphatic carbocycles. The van der Waals surface area contributed by atoms with Crippen molar-refractivity contribution >= 4 is 17.4 Å². The van der Waals surface area contributed by atoms with Crippen molar-refractivity contribution in [2.45, 2.75) is 13.5 Å². The molecule has 2 rings (SSSR count). The number of halogens is 3. The molecule has 0 saturated heterocycles. The number of carbonyl (C=O) groups is 1. The smallest absolute Gasteiger partial charge is 0.165 e. The van der Waals surface area contributed by atoms with Crippen molar-refractivity contribution < 1.29 is 18.3 Å². The predicted octanol–water partition coefficient (Wildman–Crippen LogP) is 4.40. The molecule has 0 bridgehead atoms. The average Bonchev–Trinajstić information content (AvgIpc) is 2.38. The summed E-state index contributed by atoms with van der Waals surface area (Å²) in [4.78, 5) is 11.1. The molecule has 0 aromatic heterocycles. The molecule has 0 spiro atoms. The van der Waals surface area contributed by atoms with Crippen LogP contribution in [0.1, 0.15) is 22.8 Å². The summed E-state index contributed by atoms with van der Waals surface area (Å²) in [6.07, 6.45) is 0. The Balaban J connectivity index is 2.13. The summed E-state index contributed by atoms with van der Waals surface area (Å²) in [6.45, 7) is 1.22. The molecule has 0 atom stereocenters. The van der Waals surface area contributed by atoms with Crippen LogP contribution in [0.5, 0.6) is 5.75 Å². The fraction of sp³-hybridized carbons (Fsp3) is 0.133. The first-order chi connectivity index (χ1) is 9.47. The zero-order chi connectivity index (χ0) is 14.7. The first-order valence-corrected chi connectivity index (χ1v) is 6.22. The molecule has 0 aliphatic rings. The molecule has 0 heterocycles. The van der Waals surface area contributed by atoms with E-state index >= 15 is 0 Å². The van der Waals surface area contributed by atoms with Gasteiger partial charge in [-0.1, -0.05) is 17.7 Å². The molecule has 0 amide bonds. The van der Waals surface area contributed by atoms with Gasteiger partial charge in [0.15, 0.2) is 17.3 Å². The van der Waals surface area contributed by atoms with Gasteiger partial charge >= 0.3 is 0 Å². The van der Waals surface area contributed by atoms with Gasteiger partial charge in [-0.05, 0) is 37.3 Å². The van der Waals surface area contributed by atoms with Crippen molar-refractivity contribution in [3.8, 4) is 5.75 Å². The Hall–Kier alpha value is -1.94. The molecule has 104 valence electrons. The molecule has 0 N–H and O–H groups in total. The van der Waals surface area contributed by atoms with E-state index in [-0.39, 0.29) is 34.3 Å². The molecule has 2 nitrogen and oxygen atoms in total. The van der Waals surface area contributed by atoms with Crippen molar-refractivity contribution in [2.24, 2.45) is 0 Å². The van der Waals surface area contributed by atoms with Gasteiger partial charge in [0.25, 0.3) is 0 Å². The number of Topliss-reactive ketones (excluding diaryl/α,β-unsaturated/α-hetero) is 1. The molecule has 20 heavy (non-hydrogen) atoms. The summed E-state index contributed by atoms with van der Waals surface area (Å²) in [5.41, 5.74) is 0.525. The molecule has 0 unspecified atom stereocenters. The van der Waals surface area contributed by atoms with Crippen molar-refractivity contribution in [1.29, 1.82) is 0 Å². The molecular formula is C15H11ClF2O2. The minimum Gasteiger partial charge on any atom is -0.486 e. The Kier molecular flexibility index (Phi) is 4.35. The second-order valence-corrected chi connectivity index (χ2v) is 4.66. The number of ether oxygens (including phenoxy) is 1. The summed E-state index contributed by atoms with van der Waals surface area (Å²) in [7, 11) is 0. The van der Waals surface area contributed by atoms with Gasteiger partial charge in [0.1, 0.15) is 12.4 Å². The summed E-state index contributed by atoms with van der Waals surface area (Å²) < 4.78 is 32.4. The maximum atomic E-state index is 13.7. The van der Waals surface area contributed by atoms with E-state index in [0.717, 1.165) is 12.1 Å². The Labute approximate surface area is 119 Å². The Morgan fingerprint density at radius 2 is 1.90 bits per heavy atom. The van der Waals surface area contributed by atoms with Gasteiger partial charge in [-0.15, -0.1) is 0 Å². The van der Waals surface area contributed by atoms with Gasteiger partial charge in [0.2, 0.25) is 0 Å². The Bertz CT molecular complexity index is 656. The monoisotopic (exact) mass is 296 g/mol. The van der Waals surface area contributed by atoms with Gasteiger partial charge in [0, 0.05) is 16.1 Å². The highest BCUT2D eigenvalue weighted by Crippen LogP contribution is 2.21. The lowest BCUT2D eigenvalue weighted by Crippen LogP contribution is -2.01. The van der Waals surface area contributed by atoms with Crippen LogP contribution in [0.15, 0.2) is 36.4 Å². The molecular weight excluding hydrogens is 286 g/mol. The van der Waals surface area contributed by atoms with Crippen LogP contribution in [0.3, 0.4) is 0 Å². The summed E-state index contributed by atoms with van der Waals surface area (Å²) in [5.74, 6) is -1.45. The van der Waals surface area contributed by atoms with E-state index in [9.17, 15) is 13.6 Å². The van der Waals surface area contributed by atoms with Crippen LogP contribution >= 0.6 is 11.6 Å². The Morgan fingerprint density at radius 3 is 2.50 bits per heavy atom. The van der Waals surface area contributed by atoms with Crippen LogP contribution in [0.25, 0.3) is 0 Å². The third-order valence-corrected chi connectivity index (χ3v) is 2.97. The van der Waals surface area contributed by atoms with Crippen LogP contribution in [0.2, 0.25) is 5.02 Å². The highest BCUT2D eigenvalue weighted by Gasteiger charge is 2.09. The molecule has 0 radical (unpaired) electrons. The highest BCUT2D eigenvalue weighted by atomic mass is 35.5. The van der Waals surface area contributed by atoms with Gasteiger partial charge < -0.3 is 4.74 Å². The molecule has 0 aliphatic heterocycles. The third-order valence-electron chi connectivity index (χ3n) is 2.74. The zero-order valence-corrected chi connectivity index (χ0v) is 11.4. The standard InChI is InChI=1S/C15H11ClF2O2/c1-9(19)10-3-5-15(14(18)6-10)20-8-11-2-4-12(16)7-13(11)17/h2-7H,8H2,1H3. The minimum atomic E-state index is -0.660. The SMILES string of the molecule is CC(=O)c1ccc(OCc2ccc(Cl)cc2F)c(F)c1. The summed E-state index contributed by atoms with van der Waals surface area (Å²) >= 11 is 5.63. The lowest BCUT2D eigenvalue weighted by Gasteiger charge is -2.09. The molecule has 5 heteroatoms. The third kappa shape index (κ3) is 3.33. The van der Waals surface area contributed by atoms with Gasteiger partial charge in [0.05, 0.1) is 0 Å². The van der Waals surface area contributed by atoms with E-state index < -0.39 is 11.6 Å². The van der Waals surface area contributed by atoms with Crippen LogP contribution in [-0.4, -0.2) is 5.78 Å². The largest absolute Gasteiger partial charge is 0.486 e. The molecule has 2 aromatic rings. The lowest BCUT2D eigenvalue weighted by atomic mass is 10.1. The highest BCUT2D eigenvalue weighted by molar-refractivity contribution is 6.30. The van der Waals surface area contributed by atoms with Crippen molar-refractivity contribution in [2.75, 3.05) is 0 Å². The number of hydrogen-bond donors (Lipinski definition) is 0. The number of benzene rings is 2. The summed E-state index contributed by atoms with van der Waals surface area (Å²) in [5, 5.41) is 0.281. The molecule has 2 aromatic carbocycles. The molecule has 0 fully saturated rings. The van der Waals surface area contributed by atoms with E-state index in [1.165, 1.54) is 31.2 Å². The van der Waals surface area contributed by atoms with Crippen molar-refractivity contribution in [1.82, 2.24) is 0 Å². The van der Waals surface area contributed by atoms with Gasteiger partial charge in [-0.2, -0.15) is 0 Å². The quantitative estimate of drug-likeness (QED) is 0.782. The van der Waals surface area contributed by atoms with Crippen LogP contribution in [-0.2, 0) is 6.61 Å². The van der Waals surface area contributed by atoms with Crippen LogP contribution in [0, 0.1) is 11.6 Å². The van der Waals surface area contributed by atoms with Crippen molar-refractivity contribution in [3.63, 3.8) is 0 Å². The van der Waals surface area contributed by atoms with Crippen LogP contribution in [0.4, 0.5) is 8.78 Å². The lowest BCUT2D eigenvalue weighted by molar-refractivity contribution is 0.101. The number of hydrogen-bond acceptors (Lipinski definition) is 2. The van der Waals surface area contributed by atoms with E-state index in [1.807, 2.05) is 0 Å². The van der Waals surface area contributed by atoms with Gasteiger partial charge in [-0.3, -0.25) is 4.79 Å². The van der Waals surface area contributed by atoms with Gasteiger partial charge in [-0.25, -0.2) is 8.78 Å². The van der Waals surface area contributed by atoms with E-state index in [2.05, 4.69) is 0 Å². The summed E-state index contributed by atoms with van der Waals surface area (Å²) in [6, 6.07) is 8.06. The minimum absolute atomic E-state index is 0.0376. The first-order valence-electron chi connectivity index (χ1n) is 5.84. The van der Waals surface area contributed by atoms with E-state index in [1.54, 1.807) is 0 Å². The number of rotatable bonds is 4. The van der Waals surface area contributed by atoms with E-state index in [0.29, 0.717) is 0 Å². The molecule has 0 saturated carbocycles. The predicted molar refractivity (Wildman–Crippen MR) is 72.1 cm³/mol. The van der Waals surface area contributed by atoms with Crippen molar-refractivity contribution in [3.05, 3.63) is 64.2 Å².